The molecule has 2 rings (SSSR count). The number of rotatable bonds is 6. The van der Waals surface area contributed by atoms with Crippen molar-refractivity contribution in [1.29, 1.82) is 0 Å². The first-order valence-corrected chi connectivity index (χ1v) is 6.83. The van der Waals surface area contributed by atoms with Gasteiger partial charge in [0.1, 0.15) is 0 Å². The molecule has 1 amide bonds. The number of nitro groups is 1. The molecule has 0 aromatic heterocycles. The smallest absolute Gasteiger partial charge is 0.270 e. The van der Waals surface area contributed by atoms with Crippen LogP contribution in [-0.4, -0.2) is 23.9 Å². The van der Waals surface area contributed by atoms with E-state index >= 15 is 0 Å². The number of nitro benzene ring substituents is 1. The summed E-state index contributed by atoms with van der Waals surface area (Å²) in [5.74, 6) is 0.308. The van der Waals surface area contributed by atoms with Crippen molar-refractivity contribution in [3.05, 3.63) is 33.9 Å². The molecule has 2 unspecified atom stereocenters. The van der Waals surface area contributed by atoms with Crippen LogP contribution in [0.5, 0.6) is 0 Å². The van der Waals surface area contributed by atoms with Crippen LogP contribution >= 0.6 is 0 Å². The summed E-state index contributed by atoms with van der Waals surface area (Å²) in [7, 11) is 1.69. The topological polar surface area (TPSA) is 84.3 Å². The van der Waals surface area contributed by atoms with Gasteiger partial charge in [-0.05, 0) is 24.8 Å². The Morgan fingerprint density at radius 2 is 2.25 bits per heavy atom. The Kier molecular flexibility index (Phi) is 4.22. The summed E-state index contributed by atoms with van der Waals surface area (Å²) in [6, 6.07) is 4.48. The number of hydrogen-bond acceptors (Lipinski definition) is 4. The highest BCUT2D eigenvalue weighted by Crippen LogP contribution is 2.35. The van der Waals surface area contributed by atoms with E-state index in [0.29, 0.717) is 17.2 Å². The zero-order valence-corrected chi connectivity index (χ0v) is 11.7. The monoisotopic (exact) mass is 277 g/mol. The number of carbonyl (C=O) groups excluding carboxylic acids is 1. The van der Waals surface area contributed by atoms with Crippen molar-refractivity contribution in [1.82, 2.24) is 5.32 Å². The zero-order valence-electron chi connectivity index (χ0n) is 11.7. The van der Waals surface area contributed by atoms with Crippen molar-refractivity contribution in [3.63, 3.8) is 0 Å². The van der Waals surface area contributed by atoms with E-state index in [1.54, 1.807) is 13.1 Å². The van der Waals surface area contributed by atoms with Gasteiger partial charge in [-0.1, -0.05) is 13.3 Å². The van der Waals surface area contributed by atoms with Crippen LogP contribution in [0.4, 0.5) is 11.4 Å². The summed E-state index contributed by atoms with van der Waals surface area (Å²) in [5.41, 5.74) is 0.847. The third-order valence-electron chi connectivity index (χ3n) is 3.63. The summed E-state index contributed by atoms with van der Waals surface area (Å²) >= 11 is 0. The molecule has 0 heterocycles. The number of non-ortho nitro benzene ring substituents is 1. The molecule has 2 N–H and O–H groups in total. The largest absolute Gasteiger partial charge is 0.387 e. The van der Waals surface area contributed by atoms with Crippen molar-refractivity contribution in [2.75, 3.05) is 12.4 Å². The SMILES string of the molecule is CCCC1CC1NC(=O)c1cc([N+](=O)[O-])ccc1NC. The Balaban J connectivity index is 2.12. The first-order chi connectivity index (χ1) is 9.56. The molecule has 6 nitrogen and oxygen atoms in total. The van der Waals surface area contributed by atoms with Gasteiger partial charge >= 0.3 is 0 Å². The quantitative estimate of drug-likeness (QED) is 0.618. The molecule has 0 bridgehead atoms. The molecule has 1 aliphatic carbocycles. The highest BCUT2D eigenvalue weighted by molar-refractivity contribution is 6.00. The lowest BCUT2D eigenvalue weighted by atomic mass is 10.1. The van der Waals surface area contributed by atoms with Crippen molar-refractivity contribution >= 4 is 17.3 Å². The molecule has 1 fully saturated rings. The molecular weight excluding hydrogens is 258 g/mol. The van der Waals surface area contributed by atoms with E-state index in [2.05, 4.69) is 17.6 Å². The number of nitrogens with zero attached hydrogens (tertiary/aromatic N) is 1. The fourth-order valence-electron chi connectivity index (χ4n) is 2.41. The molecule has 0 spiro atoms. The molecule has 2 atom stereocenters. The van der Waals surface area contributed by atoms with Crippen LogP contribution in [-0.2, 0) is 0 Å². The van der Waals surface area contributed by atoms with Crippen molar-refractivity contribution in [3.8, 4) is 0 Å². The fraction of sp³-hybridized carbons (Fsp3) is 0.500. The molecule has 20 heavy (non-hydrogen) atoms. The molecule has 1 saturated carbocycles. The maximum Gasteiger partial charge on any atom is 0.270 e. The first kappa shape index (κ1) is 14.3. The number of amides is 1. The molecule has 0 saturated heterocycles. The Bertz CT molecular complexity index is 530. The lowest BCUT2D eigenvalue weighted by Gasteiger charge is -2.09. The lowest BCUT2D eigenvalue weighted by molar-refractivity contribution is -0.384. The van der Waals surface area contributed by atoms with Gasteiger partial charge in [-0.2, -0.15) is 0 Å². The first-order valence-electron chi connectivity index (χ1n) is 6.83. The van der Waals surface area contributed by atoms with E-state index in [-0.39, 0.29) is 17.6 Å². The van der Waals surface area contributed by atoms with Crippen LogP contribution in [0.15, 0.2) is 18.2 Å². The number of carbonyl (C=O) groups is 1. The second-order valence-electron chi connectivity index (χ2n) is 5.10. The van der Waals surface area contributed by atoms with Crippen LogP contribution in [0, 0.1) is 16.0 Å². The molecule has 108 valence electrons. The average molecular weight is 277 g/mol. The number of benzene rings is 1. The molecule has 0 radical (unpaired) electrons. The zero-order chi connectivity index (χ0) is 14.7. The standard InChI is InChI=1S/C14H19N3O3/c1-3-4-9-7-13(9)16-14(18)11-8-10(17(19)20)5-6-12(11)15-2/h5-6,8-9,13,15H,3-4,7H2,1-2H3,(H,16,18). The minimum atomic E-state index is -0.493. The number of nitrogens with one attached hydrogen (secondary N) is 2. The van der Waals surface area contributed by atoms with Gasteiger partial charge in [0.05, 0.1) is 10.5 Å². The lowest BCUT2D eigenvalue weighted by Crippen LogP contribution is -2.27. The summed E-state index contributed by atoms with van der Waals surface area (Å²) in [4.78, 5) is 22.5. The van der Waals surface area contributed by atoms with Crippen LogP contribution in [0.1, 0.15) is 36.5 Å². The molecule has 6 heteroatoms. The maximum atomic E-state index is 12.2. The van der Waals surface area contributed by atoms with E-state index in [1.165, 1.54) is 12.1 Å². The summed E-state index contributed by atoms with van der Waals surface area (Å²) in [6.45, 7) is 2.12. The minimum absolute atomic E-state index is 0.0740. The van der Waals surface area contributed by atoms with Crippen molar-refractivity contribution in [2.45, 2.75) is 32.2 Å². The summed E-state index contributed by atoms with van der Waals surface area (Å²) in [5, 5.41) is 16.6. The van der Waals surface area contributed by atoms with Gasteiger partial charge in [0.2, 0.25) is 0 Å². The molecule has 1 aromatic rings. The Morgan fingerprint density at radius 3 is 2.85 bits per heavy atom. The van der Waals surface area contributed by atoms with Crippen molar-refractivity contribution < 1.29 is 9.72 Å². The normalized spacial score (nSPS) is 20.3. The van der Waals surface area contributed by atoms with E-state index in [9.17, 15) is 14.9 Å². The van der Waals surface area contributed by atoms with Crippen LogP contribution in [0.25, 0.3) is 0 Å². The summed E-state index contributed by atoms with van der Waals surface area (Å²) in [6.07, 6.45) is 3.22. The van der Waals surface area contributed by atoms with Crippen LogP contribution in [0.2, 0.25) is 0 Å². The van der Waals surface area contributed by atoms with E-state index < -0.39 is 4.92 Å². The highest BCUT2D eigenvalue weighted by Gasteiger charge is 2.37. The van der Waals surface area contributed by atoms with Gasteiger partial charge in [-0.15, -0.1) is 0 Å². The predicted octanol–water partition coefficient (Wildman–Crippen LogP) is 2.55. The number of anilines is 1. The molecule has 0 aliphatic heterocycles. The van der Waals surface area contributed by atoms with Gasteiger partial charge in [0.25, 0.3) is 11.6 Å². The molecule has 1 aliphatic rings. The van der Waals surface area contributed by atoms with E-state index in [4.69, 9.17) is 0 Å². The van der Waals surface area contributed by atoms with Crippen molar-refractivity contribution in [2.24, 2.45) is 5.92 Å². The Hall–Kier alpha value is -2.11. The average Bonchev–Trinajstić information content (AvgIpc) is 3.16. The molecular formula is C14H19N3O3. The summed E-state index contributed by atoms with van der Waals surface area (Å²) < 4.78 is 0. The van der Waals surface area contributed by atoms with E-state index in [0.717, 1.165) is 19.3 Å². The van der Waals surface area contributed by atoms with Crippen LogP contribution < -0.4 is 10.6 Å². The molecule has 1 aromatic carbocycles. The predicted molar refractivity (Wildman–Crippen MR) is 76.9 cm³/mol. The maximum absolute atomic E-state index is 12.2. The van der Waals surface area contributed by atoms with E-state index in [1.807, 2.05) is 0 Å². The van der Waals surface area contributed by atoms with Crippen LogP contribution in [0.3, 0.4) is 0 Å². The van der Waals surface area contributed by atoms with Gasteiger partial charge in [-0.3, -0.25) is 14.9 Å². The van der Waals surface area contributed by atoms with Gasteiger partial charge in [0, 0.05) is 30.9 Å². The fourth-order valence-corrected chi connectivity index (χ4v) is 2.41. The van der Waals surface area contributed by atoms with Gasteiger partial charge < -0.3 is 10.6 Å². The third-order valence-corrected chi connectivity index (χ3v) is 3.63. The second kappa shape index (κ2) is 5.90. The van der Waals surface area contributed by atoms with Gasteiger partial charge in [-0.25, -0.2) is 0 Å². The van der Waals surface area contributed by atoms with Gasteiger partial charge in [0.15, 0.2) is 0 Å². The Labute approximate surface area is 117 Å². The number of hydrogen-bond donors (Lipinski definition) is 2. The highest BCUT2D eigenvalue weighted by atomic mass is 16.6. The third kappa shape index (κ3) is 3.07. The Morgan fingerprint density at radius 1 is 1.50 bits per heavy atom. The second-order valence-corrected chi connectivity index (χ2v) is 5.10. The minimum Gasteiger partial charge on any atom is -0.387 e.